The van der Waals surface area contributed by atoms with Gasteiger partial charge in [-0.05, 0) is 42.0 Å². The number of hydrogen-bond acceptors (Lipinski definition) is 4. The first kappa shape index (κ1) is 22.4. The van der Waals surface area contributed by atoms with E-state index < -0.39 is 15.9 Å². The predicted octanol–water partition coefficient (Wildman–Crippen LogP) is 6.42. The van der Waals surface area contributed by atoms with Gasteiger partial charge in [-0.25, -0.2) is 8.42 Å². The molecule has 0 unspecified atom stereocenters. The van der Waals surface area contributed by atoms with Crippen molar-refractivity contribution in [3.8, 4) is 0 Å². The highest BCUT2D eigenvalue weighted by molar-refractivity contribution is 7.97. The van der Waals surface area contributed by atoms with Crippen molar-refractivity contribution in [2.75, 3.05) is 16.7 Å². The second-order valence-electron chi connectivity index (χ2n) is 8.47. The average molecular weight is 515 g/mol. The Morgan fingerprint density at radius 3 is 2.39 bits per heavy atom. The summed E-state index contributed by atoms with van der Waals surface area (Å²) < 4.78 is 34.4. The van der Waals surface area contributed by atoms with Gasteiger partial charge < -0.3 is 9.73 Å². The van der Waals surface area contributed by atoms with E-state index in [-0.39, 0.29) is 4.91 Å². The standard InChI is InChI=1S/C28H19ClN2O4S/c1-31-23-14-11-18(29)15-22(23)26(17-7-3-2-4-8-17)27(36(31,33)34)28(32)30-19-12-13-21-20-9-5-6-10-24(20)35-25(21)16-19/h2-16H,1H3,(H,30,32). The highest BCUT2D eigenvalue weighted by atomic mass is 35.5. The monoisotopic (exact) mass is 514 g/mol. The van der Waals surface area contributed by atoms with Gasteiger partial charge in [0.15, 0.2) is 4.91 Å². The van der Waals surface area contributed by atoms with Gasteiger partial charge in [-0.2, -0.15) is 0 Å². The molecule has 0 spiro atoms. The maximum atomic E-state index is 13.7. The number of fused-ring (bicyclic) bond motifs is 4. The van der Waals surface area contributed by atoms with Gasteiger partial charge in [-0.15, -0.1) is 0 Å². The molecule has 2 heterocycles. The maximum absolute atomic E-state index is 13.7. The molecule has 0 saturated heterocycles. The minimum absolute atomic E-state index is 0.300. The molecule has 8 heteroatoms. The van der Waals surface area contributed by atoms with Crippen molar-refractivity contribution < 1.29 is 17.6 Å². The van der Waals surface area contributed by atoms with Gasteiger partial charge in [-0.1, -0.05) is 60.1 Å². The Hall–Kier alpha value is -4.07. The highest BCUT2D eigenvalue weighted by Crippen LogP contribution is 2.43. The molecule has 0 bridgehead atoms. The number of halogens is 1. The summed E-state index contributed by atoms with van der Waals surface area (Å²) in [4.78, 5) is 13.3. The van der Waals surface area contributed by atoms with E-state index >= 15 is 0 Å². The van der Waals surface area contributed by atoms with E-state index in [0.717, 1.165) is 20.7 Å². The fourth-order valence-corrected chi connectivity index (χ4v) is 6.25. The number of hydrogen-bond donors (Lipinski definition) is 1. The van der Waals surface area contributed by atoms with Crippen molar-refractivity contribution in [1.29, 1.82) is 0 Å². The second-order valence-corrected chi connectivity index (χ2v) is 10.8. The van der Waals surface area contributed by atoms with Crippen molar-refractivity contribution in [3.05, 3.63) is 112 Å². The second kappa shape index (κ2) is 8.26. The zero-order valence-corrected chi connectivity index (χ0v) is 20.6. The van der Waals surface area contributed by atoms with E-state index in [1.807, 2.05) is 36.4 Å². The third-order valence-corrected chi connectivity index (χ3v) is 8.38. The summed E-state index contributed by atoms with van der Waals surface area (Å²) in [6.45, 7) is 0. The van der Waals surface area contributed by atoms with Crippen molar-refractivity contribution in [2.24, 2.45) is 0 Å². The fourth-order valence-electron chi connectivity index (χ4n) is 4.61. The number of rotatable bonds is 3. The third kappa shape index (κ3) is 3.47. The van der Waals surface area contributed by atoms with E-state index in [2.05, 4.69) is 5.32 Å². The molecule has 6 nitrogen and oxygen atoms in total. The quantitative estimate of drug-likeness (QED) is 0.301. The van der Waals surface area contributed by atoms with E-state index in [4.69, 9.17) is 16.0 Å². The normalized spacial score (nSPS) is 14.8. The summed E-state index contributed by atoms with van der Waals surface area (Å²) >= 11 is 6.29. The Morgan fingerprint density at radius 1 is 0.861 bits per heavy atom. The SMILES string of the molecule is CN1c2ccc(Cl)cc2C(c2ccccc2)=C(C(=O)Nc2ccc3c(c2)oc2ccccc23)S1(=O)=O. The van der Waals surface area contributed by atoms with E-state index in [0.29, 0.717) is 38.7 Å². The summed E-state index contributed by atoms with van der Waals surface area (Å²) in [5.74, 6) is -0.748. The zero-order chi connectivity index (χ0) is 25.0. The molecule has 1 aromatic heterocycles. The molecule has 6 rings (SSSR count). The first-order chi connectivity index (χ1) is 17.3. The predicted molar refractivity (Wildman–Crippen MR) is 144 cm³/mol. The Balaban J connectivity index is 1.52. The first-order valence-electron chi connectivity index (χ1n) is 11.2. The van der Waals surface area contributed by atoms with Gasteiger partial charge in [0.25, 0.3) is 15.9 Å². The average Bonchev–Trinajstić information content (AvgIpc) is 3.24. The number of amides is 1. The van der Waals surface area contributed by atoms with Gasteiger partial charge in [0.2, 0.25) is 0 Å². The molecule has 4 aromatic carbocycles. The van der Waals surface area contributed by atoms with Crippen LogP contribution in [0.2, 0.25) is 5.02 Å². The molecule has 0 radical (unpaired) electrons. The van der Waals surface area contributed by atoms with Crippen LogP contribution < -0.4 is 9.62 Å². The molecule has 1 aliphatic rings. The van der Waals surface area contributed by atoms with Crippen LogP contribution in [-0.2, 0) is 14.8 Å². The molecule has 1 amide bonds. The number of sulfonamides is 1. The van der Waals surface area contributed by atoms with Gasteiger partial charge in [0.05, 0.1) is 5.69 Å². The Morgan fingerprint density at radius 2 is 1.58 bits per heavy atom. The highest BCUT2D eigenvalue weighted by Gasteiger charge is 2.39. The van der Waals surface area contributed by atoms with Crippen molar-refractivity contribution in [2.45, 2.75) is 0 Å². The molecule has 1 N–H and O–H groups in total. The molecular weight excluding hydrogens is 496 g/mol. The van der Waals surface area contributed by atoms with Gasteiger partial charge in [0.1, 0.15) is 11.2 Å². The van der Waals surface area contributed by atoms with Crippen LogP contribution >= 0.6 is 11.6 Å². The van der Waals surface area contributed by atoms with Gasteiger partial charge >= 0.3 is 0 Å². The van der Waals surface area contributed by atoms with E-state index in [1.54, 1.807) is 54.6 Å². The summed E-state index contributed by atoms with van der Waals surface area (Å²) in [7, 11) is -2.75. The number of anilines is 2. The molecule has 5 aromatic rings. The smallest absolute Gasteiger partial charge is 0.270 e. The molecule has 36 heavy (non-hydrogen) atoms. The summed E-state index contributed by atoms with van der Waals surface area (Å²) in [5.41, 5.74) is 3.63. The number of nitrogens with one attached hydrogen (secondary N) is 1. The number of carbonyl (C=O) groups is 1. The molecule has 0 fully saturated rings. The van der Waals surface area contributed by atoms with Crippen molar-refractivity contribution >= 4 is 66.4 Å². The minimum Gasteiger partial charge on any atom is -0.456 e. The van der Waals surface area contributed by atoms with Crippen LogP contribution in [0.5, 0.6) is 0 Å². The van der Waals surface area contributed by atoms with Crippen LogP contribution in [0.3, 0.4) is 0 Å². The zero-order valence-electron chi connectivity index (χ0n) is 19.0. The number of benzene rings is 4. The van der Waals surface area contributed by atoms with Crippen LogP contribution in [0.1, 0.15) is 11.1 Å². The van der Waals surface area contributed by atoms with Crippen LogP contribution in [0.4, 0.5) is 11.4 Å². The summed E-state index contributed by atoms with van der Waals surface area (Å²) in [6, 6.07) is 26.8. The lowest BCUT2D eigenvalue weighted by atomic mass is 9.95. The van der Waals surface area contributed by atoms with E-state index in [1.165, 1.54) is 7.05 Å². The van der Waals surface area contributed by atoms with E-state index in [9.17, 15) is 13.2 Å². The minimum atomic E-state index is -4.17. The first-order valence-corrected chi connectivity index (χ1v) is 13.0. The third-order valence-electron chi connectivity index (χ3n) is 6.32. The Bertz CT molecular complexity index is 1830. The number of furan rings is 1. The lowest BCUT2D eigenvalue weighted by Crippen LogP contribution is -2.37. The lowest BCUT2D eigenvalue weighted by Gasteiger charge is -2.31. The number of nitrogens with zero attached hydrogens (tertiary/aromatic N) is 1. The number of para-hydroxylation sites is 1. The van der Waals surface area contributed by atoms with Gasteiger partial charge in [-0.3, -0.25) is 9.10 Å². The van der Waals surface area contributed by atoms with Crippen LogP contribution in [0, 0.1) is 0 Å². The number of carbonyl (C=O) groups excluding carboxylic acids is 1. The van der Waals surface area contributed by atoms with Crippen LogP contribution in [0.15, 0.2) is 100 Å². The summed E-state index contributed by atoms with van der Waals surface area (Å²) in [5, 5.41) is 5.08. The molecule has 0 atom stereocenters. The van der Waals surface area contributed by atoms with Crippen LogP contribution in [-0.4, -0.2) is 21.4 Å². The molecular formula is C28H19ClN2O4S. The van der Waals surface area contributed by atoms with Crippen molar-refractivity contribution in [1.82, 2.24) is 0 Å². The molecule has 0 saturated carbocycles. The molecule has 0 aliphatic carbocycles. The Labute approximate surface area is 212 Å². The largest absolute Gasteiger partial charge is 0.456 e. The van der Waals surface area contributed by atoms with Gasteiger partial charge in [0, 0.05) is 45.7 Å². The topological polar surface area (TPSA) is 79.6 Å². The molecule has 178 valence electrons. The van der Waals surface area contributed by atoms with Crippen molar-refractivity contribution in [3.63, 3.8) is 0 Å². The van der Waals surface area contributed by atoms with Crippen LogP contribution in [0.25, 0.3) is 27.5 Å². The fraction of sp³-hybridized carbons (Fsp3) is 0.0357. The maximum Gasteiger partial charge on any atom is 0.270 e. The lowest BCUT2D eigenvalue weighted by molar-refractivity contribution is -0.112. The Kier molecular flexibility index (Phi) is 5.14. The summed E-state index contributed by atoms with van der Waals surface area (Å²) in [6.07, 6.45) is 0. The molecule has 1 aliphatic heterocycles.